The lowest BCUT2D eigenvalue weighted by Gasteiger charge is -2.21. The number of nitrogens with zero attached hydrogens (tertiary/aromatic N) is 1. The van der Waals surface area contributed by atoms with Crippen molar-refractivity contribution >= 4 is 12.1 Å². The maximum atomic E-state index is 11.4. The third-order valence-corrected chi connectivity index (χ3v) is 2.81. The van der Waals surface area contributed by atoms with E-state index in [0.29, 0.717) is 5.69 Å². The van der Waals surface area contributed by atoms with Crippen LogP contribution in [0.25, 0.3) is 0 Å². The highest BCUT2D eigenvalue weighted by atomic mass is 16.7. The van der Waals surface area contributed by atoms with Gasteiger partial charge in [-0.1, -0.05) is 0 Å². The second-order valence-electron chi connectivity index (χ2n) is 3.86. The number of hydrogen-bond donors (Lipinski definition) is 1. The molecule has 92 valence electrons. The molecule has 0 spiro atoms. The Labute approximate surface area is 102 Å². The van der Waals surface area contributed by atoms with E-state index in [2.05, 4.69) is 10.3 Å². The van der Waals surface area contributed by atoms with Gasteiger partial charge in [0.25, 0.3) is 0 Å². The lowest BCUT2D eigenvalue weighted by molar-refractivity contribution is -0.108. The molecule has 1 aromatic heterocycles. The van der Waals surface area contributed by atoms with Gasteiger partial charge in [-0.25, -0.2) is 4.98 Å². The van der Waals surface area contributed by atoms with E-state index in [-0.39, 0.29) is 5.56 Å². The topological polar surface area (TPSA) is 60.5 Å². The number of fused-ring (bicyclic) bond motifs is 1. The first kappa shape index (κ1) is 10.7. The van der Waals surface area contributed by atoms with Crippen LogP contribution < -0.4 is 5.32 Å². The molecule has 0 atom stereocenters. The average Bonchev–Trinajstić information content (AvgIpc) is 2.39. The van der Waals surface area contributed by atoms with Crippen molar-refractivity contribution in [3.8, 4) is 0 Å². The Balaban J connectivity index is 2.51. The van der Waals surface area contributed by atoms with Crippen LogP contribution in [0.3, 0.4) is 0 Å². The number of aldehydes is 1. The third-order valence-electron chi connectivity index (χ3n) is 2.81. The van der Waals surface area contributed by atoms with Gasteiger partial charge in [0.05, 0.1) is 0 Å². The van der Waals surface area contributed by atoms with Crippen LogP contribution in [0.5, 0.6) is 0 Å². The number of hydrogen-bond acceptors (Lipinski definition) is 5. The van der Waals surface area contributed by atoms with Crippen molar-refractivity contribution in [2.24, 2.45) is 0 Å². The largest absolute Gasteiger partial charge is 0.370 e. The zero-order chi connectivity index (χ0) is 13.1. The number of methoxy groups -OCH3 is 2. The molecule has 0 saturated carbocycles. The molecule has 5 nitrogen and oxygen atoms in total. The van der Waals surface area contributed by atoms with E-state index in [1.54, 1.807) is 6.07 Å². The molecule has 0 radical (unpaired) electrons. The molecule has 0 saturated heterocycles. The van der Waals surface area contributed by atoms with E-state index in [1.165, 1.54) is 14.2 Å². The zero-order valence-electron chi connectivity index (χ0n) is 10.9. The molecule has 1 aromatic rings. The van der Waals surface area contributed by atoms with Crippen LogP contribution in [0.4, 0.5) is 5.82 Å². The average molecular weight is 237 g/mol. The molecule has 0 unspecified atom stereocenters. The molecule has 0 aliphatic carbocycles. The van der Waals surface area contributed by atoms with E-state index in [0.717, 1.165) is 30.8 Å². The Morgan fingerprint density at radius 1 is 1.59 bits per heavy atom. The summed E-state index contributed by atoms with van der Waals surface area (Å²) in [4.78, 5) is 15.8. The molecule has 1 aliphatic rings. The standard InChI is InChI=1S/C12H16N2O3/c1-16-12(17-2)10-9(7-15)6-8-4-3-5-13-11(8)14-10/h6-7,12H,3-5H2,1-2H3,(H,13,14)/i7D. The van der Waals surface area contributed by atoms with Crippen molar-refractivity contribution in [3.05, 3.63) is 22.9 Å². The van der Waals surface area contributed by atoms with Gasteiger partial charge in [-0.3, -0.25) is 4.79 Å². The van der Waals surface area contributed by atoms with Crippen LogP contribution in [0.15, 0.2) is 6.07 Å². The number of carbonyl (C=O) groups excluding carboxylic acids is 1. The van der Waals surface area contributed by atoms with Crippen LogP contribution in [0.1, 0.15) is 35.7 Å². The number of anilines is 1. The van der Waals surface area contributed by atoms with Gasteiger partial charge in [0.15, 0.2) is 6.26 Å². The van der Waals surface area contributed by atoms with Crippen molar-refractivity contribution in [2.45, 2.75) is 19.1 Å². The maximum Gasteiger partial charge on any atom is 0.201 e. The molecule has 0 fully saturated rings. The fraction of sp³-hybridized carbons (Fsp3) is 0.500. The fourth-order valence-electron chi connectivity index (χ4n) is 1.98. The van der Waals surface area contributed by atoms with Gasteiger partial charge in [0, 0.05) is 26.3 Å². The minimum Gasteiger partial charge on any atom is -0.370 e. The van der Waals surface area contributed by atoms with Crippen molar-refractivity contribution in [3.63, 3.8) is 0 Å². The number of aryl methyl sites for hydroxylation is 1. The van der Waals surface area contributed by atoms with Gasteiger partial charge in [-0.15, -0.1) is 0 Å². The van der Waals surface area contributed by atoms with Crippen LogP contribution in [-0.2, 0) is 15.9 Å². The second kappa shape index (κ2) is 5.25. The van der Waals surface area contributed by atoms with Crippen LogP contribution in [0.2, 0.25) is 0 Å². The Bertz CT molecular complexity index is 461. The van der Waals surface area contributed by atoms with E-state index in [1.807, 2.05) is 0 Å². The fourth-order valence-corrected chi connectivity index (χ4v) is 1.98. The first-order valence-electron chi connectivity index (χ1n) is 6.01. The summed E-state index contributed by atoms with van der Waals surface area (Å²) in [5.41, 5.74) is 1.56. The quantitative estimate of drug-likeness (QED) is 0.636. The second-order valence-corrected chi connectivity index (χ2v) is 3.86. The van der Waals surface area contributed by atoms with Gasteiger partial charge in [-0.05, 0) is 24.5 Å². The summed E-state index contributed by atoms with van der Waals surface area (Å²) >= 11 is 0. The predicted molar refractivity (Wildman–Crippen MR) is 63.2 cm³/mol. The van der Waals surface area contributed by atoms with Crippen LogP contribution >= 0.6 is 0 Å². The normalized spacial score (nSPS) is 15.1. The summed E-state index contributed by atoms with van der Waals surface area (Å²) in [6.45, 7) is 0.859. The van der Waals surface area contributed by atoms with Gasteiger partial charge < -0.3 is 14.8 Å². The van der Waals surface area contributed by atoms with E-state index < -0.39 is 12.6 Å². The molecule has 2 heterocycles. The monoisotopic (exact) mass is 237 g/mol. The summed E-state index contributed by atoms with van der Waals surface area (Å²) in [7, 11) is 2.95. The van der Waals surface area contributed by atoms with Crippen molar-refractivity contribution in [1.82, 2.24) is 4.98 Å². The van der Waals surface area contributed by atoms with E-state index >= 15 is 0 Å². The van der Waals surface area contributed by atoms with Gasteiger partial charge in [0.1, 0.15) is 12.9 Å². The summed E-state index contributed by atoms with van der Waals surface area (Å²) in [6.07, 6.45) is 0.353. The molecule has 0 amide bonds. The molecule has 2 rings (SSSR count). The molecule has 1 N–H and O–H groups in total. The van der Waals surface area contributed by atoms with Gasteiger partial charge in [-0.2, -0.15) is 0 Å². The number of pyridine rings is 1. The lowest BCUT2D eigenvalue weighted by atomic mass is 10.0. The first-order valence-corrected chi connectivity index (χ1v) is 5.51. The van der Waals surface area contributed by atoms with Crippen LogP contribution in [0, 0.1) is 0 Å². The highest BCUT2D eigenvalue weighted by molar-refractivity contribution is 5.78. The number of nitrogens with one attached hydrogen (secondary N) is 1. The Morgan fingerprint density at radius 3 is 3.00 bits per heavy atom. The lowest BCUT2D eigenvalue weighted by Crippen LogP contribution is -2.17. The van der Waals surface area contributed by atoms with Gasteiger partial charge >= 0.3 is 0 Å². The SMILES string of the molecule is [2H]C(=O)c1cc2c(nc1C(OC)OC)NCCC2. The third kappa shape index (κ3) is 2.30. The maximum absolute atomic E-state index is 11.4. The van der Waals surface area contributed by atoms with E-state index in [9.17, 15) is 4.79 Å². The minimum atomic E-state index is -0.773. The number of ether oxygens (including phenoxy) is 2. The molecule has 1 aliphatic heterocycles. The van der Waals surface area contributed by atoms with Crippen molar-refractivity contribution in [1.29, 1.82) is 0 Å². The van der Waals surface area contributed by atoms with Crippen molar-refractivity contribution < 1.29 is 15.6 Å². The number of carbonyl (C=O) groups is 1. The molecular formula is C12H16N2O3. The first-order chi connectivity index (χ1) is 8.67. The van der Waals surface area contributed by atoms with Crippen molar-refractivity contribution in [2.75, 3.05) is 26.1 Å². The zero-order valence-corrected chi connectivity index (χ0v) is 9.95. The summed E-state index contributed by atoms with van der Waals surface area (Å²) in [5, 5.41) is 3.18. The molecule has 17 heavy (non-hydrogen) atoms. The molecule has 0 aromatic carbocycles. The molecular weight excluding hydrogens is 220 g/mol. The Kier molecular flexibility index (Phi) is 3.30. The highest BCUT2D eigenvalue weighted by Gasteiger charge is 2.20. The molecule has 0 bridgehead atoms. The predicted octanol–water partition coefficient (Wildman–Crippen LogP) is 1.54. The van der Waals surface area contributed by atoms with E-state index in [4.69, 9.17) is 10.8 Å². The Morgan fingerprint density at radius 2 is 2.35 bits per heavy atom. The highest BCUT2D eigenvalue weighted by Crippen LogP contribution is 2.26. The summed E-state index contributed by atoms with van der Waals surface area (Å²) in [6, 6.07) is 1.71. The van der Waals surface area contributed by atoms with Gasteiger partial charge in [0.2, 0.25) is 6.29 Å². The summed E-state index contributed by atoms with van der Waals surface area (Å²) < 4.78 is 17.5. The Hall–Kier alpha value is -1.46. The van der Waals surface area contributed by atoms with Crippen LogP contribution in [-0.4, -0.2) is 32.0 Å². The minimum absolute atomic E-state index is 0.242. The molecule has 5 heteroatoms. The summed E-state index contributed by atoms with van der Waals surface area (Å²) in [5.74, 6) is 0.750. The smallest absolute Gasteiger partial charge is 0.201 e. The number of rotatable bonds is 4. The number of aromatic nitrogens is 1.